The monoisotopic (exact) mass is 316 g/mol. The lowest BCUT2D eigenvalue weighted by atomic mass is 10.1. The van der Waals surface area contributed by atoms with Gasteiger partial charge in [0, 0.05) is 5.56 Å². The quantitative estimate of drug-likeness (QED) is 0.435. The SMILES string of the molecule is Cc1cc(O)c2c(=O)c(O)c(-c3cc(O)c(O)c(O)c3)oc2c1. The first-order valence-corrected chi connectivity index (χ1v) is 6.54. The smallest absolute Gasteiger partial charge is 0.238 e. The largest absolute Gasteiger partial charge is 0.507 e. The summed E-state index contributed by atoms with van der Waals surface area (Å²) in [7, 11) is 0. The van der Waals surface area contributed by atoms with Crippen LogP contribution < -0.4 is 5.43 Å². The van der Waals surface area contributed by atoms with Crippen LogP contribution in [0, 0.1) is 6.92 Å². The molecule has 0 saturated heterocycles. The summed E-state index contributed by atoms with van der Waals surface area (Å²) in [4.78, 5) is 12.2. The van der Waals surface area contributed by atoms with Gasteiger partial charge < -0.3 is 29.9 Å². The van der Waals surface area contributed by atoms with Crippen LogP contribution in [0.15, 0.2) is 33.5 Å². The van der Waals surface area contributed by atoms with Crippen molar-refractivity contribution >= 4 is 11.0 Å². The predicted molar refractivity (Wildman–Crippen MR) is 81.0 cm³/mol. The van der Waals surface area contributed by atoms with Crippen molar-refractivity contribution in [2.75, 3.05) is 0 Å². The zero-order chi connectivity index (χ0) is 16.9. The van der Waals surface area contributed by atoms with Crippen molar-refractivity contribution in [3.63, 3.8) is 0 Å². The minimum absolute atomic E-state index is 0.0182. The van der Waals surface area contributed by atoms with Gasteiger partial charge >= 0.3 is 0 Å². The summed E-state index contributed by atoms with van der Waals surface area (Å²) in [6.45, 7) is 1.68. The standard InChI is InChI=1S/C16H12O7/c1-6-2-8(17)12-11(3-6)23-16(15(22)14(12)21)7-4-9(18)13(20)10(19)5-7/h2-5,17-20,22H,1H3. The van der Waals surface area contributed by atoms with Crippen molar-refractivity contribution in [2.24, 2.45) is 0 Å². The van der Waals surface area contributed by atoms with Gasteiger partial charge in [-0.15, -0.1) is 0 Å². The molecular weight excluding hydrogens is 304 g/mol. The maximum Gasteiger partial charge on any atom is 0.238 e. The molecule has 0 radical (unpaired) electrons. The molecule has 0 atom stereocenters. The Morgan fingerprint density at radius 1 is 0.826 bits per heavy atom. The number of rotatable bonds is 1. The van der Waals surface area contributed by atoms with E-state index < -0.39 is 28.4 Å². The van der Waals surface area contributed by atoms with E-state index in [1.54, 1.807) is 6.92 Å². The van der Waals surface area contributed by atoms with Crippen LogP contribution in [0.4, 0.5) is 0 Å². The lowest BCUT2D eigenvalue weighted by Gasteiger charge is -2.09. The molecule has 0 unspecified atom stereocenters. The minimum Gasteiger partial charge on any atom is -0.507 e. The summed E-state index contributed by atoms with van der Waals surface area (Å²) in [6.07, 6.45) is 0. The Morgan fingerprint density at radius 2 is 1.43 bits per heavy atom. The van der Waals surface area contributed by atoms with Crippen molar-refractivity contribution in [2.45, 2.75) is 6.92 Å². The zero-order valence-electron chi connectivity index (χ0n) is 11.9. The van der Waals surface area contributed by atoms with Gasteiger partial charge in [-0.1, -0.05) is 0 Å². The van der Waals surface area contributed by atoms with Gasteiger partial charge in [0.25, 0.3) is 0 Å². The third kappa shape index (κ3) is 2.18. The second kappa shape index (κ2) is 4.84. The minimum atomic E-state index is -0.856. The van der Waals surface area contributed by atoms with Crippen LogP contribution in [-0.2, 0) is 0 Å². The van der Waals surface area contributed by atoms with Crippen LogP contribution in [0.2, 0.25) is 0 Å². The molecule has 7 nitrogen and oxygen atoms in total. The molecule has 2 aromatic carbocycles. The molecule has 0 fully saturated rings. The third-order valence-corrected chi connectivity index (χ3v) is 3.43. The highest BCUT2D eigenvalue weighted by molar-refractivity contribution is 5.87. The van der Waals surface area contributed by atoms with E-state index in [4.69, 9.17) is 4.42 Å². The fraction of sp³-hybridized carbons (Fsp3) is 0.0625. The van der Waals surface area contributed by atoms with Crippen molar-refractivity contribution < 1.29 is 29.9 Å². The van der Waals surface area contributed by atoms with E-state index in [0.717, 1.165) is 12.1 Å². The number of aromatic hydroxyl groups is 5. The highest BCUT2D eigenvalue weighted by atomic mass is 16.4. The second-order valence-corrected chi connectivity index (χ2v) is 5.13. The number of phenols is 4. The molecule has 5 N–H and O–H groups in total. The Hall–Kier alpha value is -3.35. The molecule has 3 rings (SSSR count). The van der Waals surface area contributed by atoms with Crippen LogP contribution in [0.3, 0.4) is 0 Å². The number of hydrogen-bond acceptors (Lipinski definition) is 7. The van der Waals surface area contributed by atoms with E-state index in [9.17, 15) is 30.3 Å². The molecule has 118 valence electrons. The Morgan fingerprint density at radius 3 is 2.04 bits per heavy atom. The summed E-state index contributed by atoms with van der Waals surface area (Å²) < 4.78 is 5.46. The molecule has 23 heavy (non-hydrogen) atoms. The van der Waals surface area contributed by atoms with Gasteiger partial charge in [-0.2, -0.15) is 0 Å². The molecule has 7 heteroatoms. The van der Waals surface area contributed by atoms with Crippen LogP contribution in [-0.4, -0.2) is 25.5 Å². The molecule has 0 saturated carbocycles. The first-order valence-electron chi connectivity index (χ1n) is 6.54. The van der Waals surface area contributed by atoms with Gasteiger partial charge in [0.1, 0.15) is 16.7 Å². The maximum absolute atomic E-state index is 12.2. The van der Waals surface area contributed by atoms with Crippen LogP contribution in [0.1, 0.15) is 5.56 Å². The fourth-order valence-corrected chi connectivity index (χ4v) is 2.35. The first-order chi connectivity index (χ1) is 10.8. The van der Waals surface area contributed by atoms with Gasteiger partial charge in [0.2, 0.25) is 11.2 Å². The summed E-state index contributed by atoms with van der Waals surface area (Å²) in [5.41, 5.74) is -0.209. The number of benzene rings is 2. The van der Waals surface area contributed by atoms with Crippen LogP contribution >= 0.6 is 0 Å². The highest BCUT2D eigenvalue weighted by Crippen LogP contribution is 2.41. The average Bonchev–Trinajstić information content (AvgIpc) is 2.47. The van der Waals surface area contributed by atoms with Gasteiger partial charge in [-0.25, -0.2) is 0 Å². The second-order valence-electron chi connectivity index (χ2n) is 5.13. The predicted octanol–water partition coefficient (Wildman–Crippen LogP) is 2.30. The third-order valence-electron chi connectivity index (χ3n) is 3.43. The topological polar surface area (TPSA) is 131 Å². The number of hydrogen-bond donors (Lipinski definition) is 5. The zero-order valence-corrected chi connectivity index (χ0v) is 11.9. The van der Waals surface area contributed by atoms with Crippen LogP contribution in [0.5, 0.6) is 28.7 Å². The van der Waals surface area contributed by atoms with Gasteiger partial charge in [-0.05, 0) is 36.8 Å². The van der Waals surface area contributed by atoms with E-state index in [2.05, 4.69) is 0 Å². The highest BCUT2D eigenvalue weighted by Gasteiger charge is 2.20. The van der Waals surface area contributed by atoms with Crippen molar-refractivity contribution in [3.8, 4) is 40.1 Å². The van der Waals surface area contributed by atoms with E-state index in [1.807, 2.05) is 0 Å². The number of aryl methyl sites for hydroxylation is 1. The van der Waals surface area contributed by atoms with Crippen molar-refractivity contribution in [3.05, 3.63) is 40.1 Å². The molecule has 0 aliphatic carbocycles. The number of phenolic OH excluding ortho intramolecular Hbond substituents is 4. The molecule has 0 spiro atoms. The molecule has 0 bridgehead atoms. The number of fused-ring (bicyclic) bond motifs is 1. The Kier molecular flexibility index (Phi) is 3.07. The van der Waals surface area contributed by atoms with Gasteiger partial charge in [0.15, 0.2) is 23.0 Å². The Labute approximate surface area is 128 Å². The van der Waals surface area contributed by atoms with E-state index in [-0.39, 0.29) is 28.0 Å². The van der Waals surface area contributed by atoms with Crippen molar-refractivity contribution in [1.82, 2.24) is 0 Å². The molecular formula is C16H12O7. The molecule has 0 aliphatic rings. The van der Waals surface area contributed by atoms with Crippen molar-refractivity contribution in [1.29, 1.82) is 0 Å². The summed E-state index contributed by atoms with van der Waals surface area (Å²) >= 11 is 0. The molecule has 3 aromatic rings. The lowest BCUT2D eigenvalue weighted by Crippen LogP contribution is -2.03. The normalized spacial score (nSPS) is 11.0. The Bertz CT molecular complexity index is 978. The van der Waals surface area contributed by atoms with E-state index in [1.165, 1.54) is 12.1 Å². The molecule has 0 aliphatic heterocycles. The molecule has 0 amide bonds. The summed E-state index contributed by atoms with van der Waals surface area (Å²) in [5, 5.41) is 48.2. The van der Waals surface area contributed by atoms with Gasteiger partial charge in [-0.3, -0.25) is 4.79 Å². The maximum atomic E-state index is 12.2. The lowest BCUT2D eigenvalue weighted by molar-refractivity contribution is 0.368. The fourth-order valence-electron chi connectivity index (χ4n) is 2.35. The summed E-state index contributed by atoms with van der Waals surface area (Å²) in [6, 6.07) is 4.90. The summed E-state index contributed by atoms with van der Waals surface area (Å²) in [5.74, 6) is -3.44. The van der Waals surface area contributed by atoms with Gasteiger partial charge in [0.05, 0.1) is 0 Å². The molecule has 1 aromatic heterocycles. The molecule has 1 heterocycles. The van der Waals surface area contributed by atoms with Crippen LogP contribution in [0.25, 0.3) is 22.3 Å². The Balaban J connectivity index is 2.40. The van der Waals surface area contributed by atoms with E-state index in [0.29, 0.717) is 5.56 Å². The average molecular weight is 316 g/mol. The first kappa shape index (κ1) is 14.6. The van der Waals surface area contributed by atoms with E-state index >= 15 is 0 Å².